The Hall–Kier alpha value is -3.55. The van der Waals surface area contributed by atoms with Crippen LogP contribution in [-0.4, -0.2) is 39.0 Å². The summed E-state index contributed by atoms with van der Waals surface area (Å²) >= 11 is 0. The third-order valence-electron chi connectivity index (χ3n) is 3.47. The number of carbonyl (C=O) groups is 2. The molecule has 1 amide bonds. The van der Waals surface area contributed by atoms with Crippen LogP contribution in [0.25, 0.3) is 5.69 Å². The van der Waals surface area contributed by atoms with Crippen molar-refractivity contribution in [2.24, 2.45) is 0 Å². The van der Waals surface area contributed by atoms with Gasteiger partial charge in [-0.2, -0.15) is 0 Å². The molecule has 0 saturated carbocycles. The van der Waals surface area contributed by atoms with Gasteiger partial charge in [-0.05, 0) is 36.4 Å². The van der Waals surface area contributed by atoms with Crippen LogP contribution >= 0.6 is 0 Å². The van der Waals surface area contributed by atoms with Crippen molar-refractivity contribution in [1.82, 2.24) is 25.3 Å². The molecular weight excluding hydrogens is 322 g/mol. The lowest BCUT2D eigenvalue weighted by atomic mass is 10.1. The molecular formula is C17H15N5O3. The third kappa shape index (κ3) is 3.86. The van der Waals surface area contributed by atoms with Gasteiger partial charge in [-0.3, -0.25) is 9.78 Å². The first-order valence-corrected chi connectivity index (χ1v) is 7.45. The minimum absolute atomic E-state index is 0.239. The van der Waals surface area contributed by atoms with Gasteiger partial charge in [0, 0.05) is 18.0 Å². The second-order valence-corrected chi connectivity index (χ2v) is 5.11. The number of pyridine rings is 1. The second kappa shape index (κ2) is 7.35. The lowest BCUT2D eigenvalue weighted by Gasteiger charge is -2.04. The summed E-state index contributed by atoms with van der Waals surface area (Å²) in [6, 6.07) is 9.82. The lowest BCUT2D eigenvalue weighted by Crippen LogP contribution is -2.23. The molecule has 0 aliphatic heterocycles. The van der Waals surface area contributed by atoms with Crippen molar-refractivity contribution < 1.29 is 14.3 Å². The number of hydrogen-bond donors (Lipinski definition) is 1. The van der Waals surface area contributed by atoms with Crippen LogP contribution in [0.2, 0.25) is 0 Å². The molecule has 0 fully saturated rings. The summed E-state index contributed by atoms with van der Waals surface area (Å²) in [5.41, 5.74) is 2.28. The molecule has 1 aromatic carbocycles. The van der Waals surface area contributed by atoms with Crippen LogP contribution in [0.15, 0.2) is 55.0 Å². The topological polar surface area (TPSA) is 99.0 Å². The van der Waals surface area contributed by atoms with Crippen molar-refractivity contribution in [2.45, 2.75) is 6.54 Å². The largest absolute Gasteiger partial charge is 0.465 e. The van der Waals surface area contributed by atoms with Crippen molar-refractivity contribution in [3.63, 3.8) is 0 Å². The zero-order valence-corrected chi connectivity index (χ0v) is 13.4. The van der Waals surface area contributed by atoms with Crippen molar-refractivity contribution in [1.29, 1.82) is 0 Å². The maximum absolute atomic E-state index is 12.2. The van der Waals surface area contributed by atoms with E-state index in [9.17, 15) is 9.59 Å². The van der Waals surface area contributed by atoms with E-state index < -0.39 is 5.97 Å². The Labute approximate surface area is 143 Å². The van der Waals surface area contributed by atoms with E-state index in [1.165, 1.54) is 7.11 Å². The van der Waals surface area contributed by atoms with Gasteiger partial charge in [0.25, 0.3) is 5.91 Å². The smallest absolute Gasteiger partial charge is 0.337 e. The van der Waals surface area contributed by atoms with Crippen LogP contribution in [0.1, 0.15) is 26.4 Å². The summed E-state index contributed by atoms with van der Waals surface area (Å²) in [7, 11) is 1.31. The minimum Gasteiger partial charge on any atom is -0.465 e. The fraction of sp³-hybridized carbons (Fsp3) is 0.118. The molecule has 25 heavy (non-hydrogen) atoms. The lowest BCUT2D eigenvalue weighted by molar-refractivity contribution is 0.0600. The molecule has 2 heterocycles. The monoisotopic (exact) mass is 337 g/mol. The molecule has 0 atom stereocenters. The summed E-state index contributed by atoms with van der Waals surface area (Å²) in [4.78, 5) is 27.5. The van der Waals surface area contributed by atoms with E-state index in [1.807, 2.05) is 0 Å². The van der Waals surface area contributed by atoms with Crippen LogP contribution in [0.5, 0.6) is 0 Å². The number of benzene rings is 1. The van der Waals surface area contributed by atoms with Gasteiger partial charge in [0.2, 0.25) is 0 Å². The Bertz CT molecular complexity index is 875. The predicted molar refractivity (Wildman–Crippen MR) is 88.1 cm³/mol. The number of carbonyl (C=O) groups excluding carboxylic acids is 2. The van der Waals surface area contributed by atoms with Gasteiger partial charge < -0.3 is 10.1 Å². The van der Waals surface area contributed by atoms with Gasteiger partial charge in [-0.15, -0.1) is 5.10 Å². The van der Waals surface area contributed by atoms with Crippen LogP contribution in [0.3, 0.4) is 0 Å². The maximum atomic E-state index is 12.2. The van der Waals surface area contributed by atoms with E-state index >= 15 is 0 Å². The van der Waals surface area contributed by atoms with Crippen LogP contribution in [-0.2, 0) is 11.3 Å². The van der Waals surface area contributed by atoms with E-state index in [-0.39, 0.29) is 12.5 Å². The summed E-state index contributed by atoms with van der Waals surface area (Å²) in [5.74, 6) is -0.713. The second-order valence-electron chi connectivity index (χ2n) is 5.11. The highest BCUT2D eigenvalue weighted by Gasteiger charge is 2.10. The van der Waals surface area contributed by atoms with E-state index in [1.54, 1.807) is 59.7 Å². The Morgan fingerprint density at radius 1 is 1.08 bits per heavy atom. The number of methoxy groups -OCH3 is 1. The minimum atomic E-state index is -0.445. The Balaban J connectivity index is 1.61. The molecule has 8 nitrogen and oxygen atoms in total. The number of hydrogen-bond acceptors (Lipinski definition) is 6. The molecule has 1 N–H and O–H groups in total. The first-order valence-electron chi connectivity index (χ1n) is 7.45. The molecule has 126 valence electrons. The summed E-state index contributed by atoms with van der Waals surface area (Å²) in [6.07, 6.45) is 5.06. The zero-order chi connectivity index (χ0) is 17.6. The van der Waals surface area contributed by atoms with Crippen molar-refractivity contribution >= 4 is 11.9 Å². The van der Waals surface area contributed by atoms with Gasteiger partial charge >= 0.3 is 5.97 Å². The van der Waals surface area contributed by atoms with Gasteiger partial charge in [0.1, 0.15) is 5.69 Å². The molecule has 2 aromatic heterocycles. The van der Waals surface area contributed by atoms with Gasteiger partial charge in [0.05, 0.1) is 31.1 Å². The van der Waals surface area contributed by atoms with Crippen LogP contribution in [0, 0.1) is 0 Å². The Morgan fingerprint density at radius 2 is 1.76 bits per heavy atom. The fourth-order valence-corrected chi connectivity index (χ4v) is 2.15. The Morgan fingerprint density at radius 3 is 2.44 bits per heavy atom. The highest BCUT2D eigenvalue weighted by atomic mass is 16.5. The molecule has 8 heteroatoms. The van der Waals surface area contributed by atoms with E-state index in [0.717, 1.165) is 5.69 Å². The Kier molecular flexibility index (Phi) is 4.79. The maximum Gasteiger partial charge on any atom is 0.337 e. The van der Waals surface area contributed by atoms with Gasteiger partial charge in [-0.1, -0.05) is 5.21 Å². The number of amides is 1. The number of nitrogens with zero attached hydrogens (tertiary/aromatic N) is 4. The highest BCUT2D eigenvalue weighted by molar-refractivity contribution is 5.96. The standard InChI is InChI=1S/C17H15N5O3/c1-25-17(24)13-4-2-12(3-5-13)16(23)19-10-14-11-22(21-20-14)15-6-8-18-9-7-15/h2-9,11H,10H2,1H3,(H,19,23). The molecule has 0 unspecified atom stereocenters. The first kappa shape index (κ1) is 16.3. The number of rotatable bonds is 5. The molecule has 0 aliphatic rings. The predicted octanol–water partition coefficient (Wildman–Crippen LogP) is 1.38. The van der Waals surface area contributed by atoms with Crippen LogP contribution in [0.4, 0.5) is 0 Å². The average molecular weight is 337 g/mol. The van der Waals surface area contributed by atoms with Crippen molar-refractivity contribution in [3.05, 3.63) is 71.8 Å². The molecule has 3 rings (SSSR count). The molecule has 0 radical (unpaired) electrons. The summed E-state index contributed by atoms with van der Waals surface area (Å²) in [5, 5.41) is 10.8. The van der Waals surface area contributed by atoms with Crippen LogP contribution < -0.4 is 5.32 Å². The molecule has 0 spiro atoms. The van der Waals surface area contributed by atoms with E-state index in [4.69, 9.17) is 0 Å². The third-order valence-corrected chi connectivity index (χ3v) is 3.47. The number of nitrogens with one attached hydrogen (secondary N) is 1. The summed E-state index contributed by atoms with van der Waals surface area (Å²) < 4.78 is 6.23. The summed E-state index contributed by atoms with van der Waals surface area (Å²) in [6.45, 7) is 0.239. The van der Waals surface area contributed by atoms with E-state index in [2.05, 4.69) is 25.3 Å². The van der Waals surface area contributed by atoms with Gasteiger partial charge in [0.15, 0.2) is 0 Å². The van der Waals surface area contributed by atoms with Crippen molar-refractivity contribution in [3.8, 4) is 5.69 Å². The highest BCUT2D eigenvalue weighted by Crippen LogP contribution is 2.07. The first-order chi connectivity index (χ1) is 12.2. The zero-order valence-electron chi connectivity index (χ0n) is 13.4. The number of aromatic nitrogens is 4. The van der Waals surface area contributed by atoms with E-state index in [0.29, 0.717) is 16.8 Å². The molecule has 0 aliphatic carbocycles. The van der Waals surface area contributed by atoms with Gasteiger partial charge in [-0.25, -0.2) is 9.48 Å². The number of ether oxygens (including phenoxy) is 1. The van der Waals surface area contributed by atoms with Crippen molar-refractivity contribution in [2.75, 3.05) is 7.11 Å². The normalized spacial score (nSPS) is 10.3. The molecule has 0 saturated heterocycles. The average Bonchev–Trinajstić information content (AvgIpc) is 3.15. The molecule has 3 aromatic rings. The quantitative estimate of drug-likeness (QED) is 0.706. The molecule has 0 bridgehead atoms. The number of esters is 1. The fourth-order valence-electron chi connectivity index (χ4n) is 2.15. The SMILES string of the molecule is COC(=O)c1ccc(C(=O)NCc2cn(-c3ccncc3)nn2)cc1.